The molecule has 0 bridgehead atoms. The van der Waals surface area contributed by atoms with Crippen LogP contribution in [0, 0.1) is 17.8 Å². The van der Waals surface area contributed by atoms with Crippen LogP contribution in [-0.4, -0.2) is 41.8 Å². The Bertz CT molecular complexity index is 270. The van der Waals surface area contributed by atoms with Crippen molar-refractivity contribution >= 4 is 5.97 Å². The van der Waals surface area contributed by atoms with Crippen LogP contribution in [0.1, 0.15) is 20.3 Å². The van der Waals surface area contributed by atoms with Crippen molar-refractivity contribution < 1.29 is 23.1 Å². The normalized spacial score (nSPS) is 29.0. The van der Waals surface area contributed by atoms with Crippen LogP contribution in [0.4, 0.5) is 13.2 Å². The largest absolute Gasteiger partial charge is 0.481 e. The molecule has 1 fully saturated rings. The second kappa shape index (κ2) is 5.25. The smallest absolute Gasteiger partial charge is 0.403 e. The van der Waals surface area contributed by atoms with Crippen molar-refractivity contribution in [2.45, 2.75) is 26.4 Å². The molecule has 100 valence electrons. The lowest BCUT2D eigenvalue weighted by molar-refractivity contribution is -0.197. The monoisotopic (exact) mass is 253 g/mol. The molecule has 6 heteroatoms. The van der Waals surface area contributed by atoms with Gasteiger partial charge in [0.1, 0.15) is 0 Å². The van der Waals surface area contributed by atoms with E-state index < -0.39 is 24.6 Å². The number of rotatable bonds is 3. The fourth-order valence-electron chi connectivity index (χ4n) is 2.52. The lowest BCUT2D eigenvalue weighted by Crippen LogP contribution is -2.46. The molecular weight excluding hydrogens is 235 g/mol. The zero-order chi connectivity index (χ0) is 13.2. The van der Waals surface area contributed by atoms with Crippen LogP contribution in [0.3, 0.4) is 0 Å². The van der Waals surface area contributed by atoms with Crippen molar-refractivity contribution in [1.82, 2.24) is 4.90 Å². The molecule has 3 nitrogen and oxygen atoms in total. The highest BCUT2D eigenvalue weighted by atomic mass is 19.4. The van der Waals surface area contributed by atoms with Crippen LogP contribution in [0.15, 0.2) is 0 Å². The Morgan fingerprint density at radius 1 is 1.35 bits per heavy atom. The van der Waals surface area contributed by atoms with E-state index in [9.17, 15) is 18.0 Å². The highest BCUT2D eigenvalue weighted by Crippen LogP contribution is 2.29. The highest BCUT2D eigenvalue weighted by molar-refractivity contribution is 5.71. The molecule has 1 aliphatic heterocycles. The van der Waals surface area contributed by atoms with Crippen LogP contribution in [0.2, 0.25) is 0 Å². The summed E-state index contributed by atoms with van der Waals surface area (Å²) in [6, 6.07) is 0. The van der Waals surface area contributed by atoms with Gasteiger partial charge in [-0.3, -0.25) is 4.79 Å². The number of carboxylic acids is 1. The summed E-state index contributed by atoms with van der Waals surface area (Å²) in [5.41, 5.74) is 0. The lowest BCUT2D eigenvalue weighted by atomic mass is 9.91. The molecule has 0 amide bonds. The van der Waals surface area contributed by atoms with Crippen molar-refractivity contribution in [3.8, 4) is 0 Å². The fourth-order valence-corrected chi connectivity index (χ4v) is 2.52. The van der Waals surface area contributed by atoms with Crippen LogP contribution in [0.25, 0.3) is 0 Å². The topological polar surface area (TPSA) is 40.5 Å². The number of carbonyl (C=O) groups is 1. The summed E-state index contributed by atoms with van der Waals surface area (Å²) in [5, 5.41) is 8.62. The summed E-state index contributed by atoms with van der Waals surface area (Å²) in [6.45, 7) is 4.61. The summed E-state index contributed by atoms with van der Waals surface area (Å²) in [5.74, 6) is -3.42. The van der Waals surface area contributed by atoms with Crippen LogP contribution in [0.5, 0.6) is 0 Å². The van der Waals surface area contributed by atoms with Gasteiger partial charge in [-0.2, -0.15) is 13.2 Å². The summed E-state index contributed by atoms with van der Waals surface area (Å²) < 4.78 is 37.5. The Labute approximate surface area is 98.6 Å². The summed E-state index contributed by atoms with van der Waals surface area (Å²) in [4.78, 5) is 12.3. The fraction of sp³-hybridized carbons (Fsp3) is 0.909. The molecule has 1 rings (SSSR count). The molecule has 3 atom stereocenters. The molecule has 17 heavy (non-hydrogen) atoms. The van der Waals surface area contributed by atoms with Gasteiger partial charge >= 0.3 is 12.1 Å². The molecule has 0 aromatic carbocycles. The zero-order valence-corrected chi connectivity index (χ0v) is 10.00. The van der Waals surface area contributed by atoms with Gasteiger partial charge in [-0.25, -0.2) is 0 Å². The van der Waals surface area contributed by atoms with E-state index in [0.29, 0.717) is 24.9 Å². The molecule has 0 aliphatic carbocycles. The Kier molecular flexibility index (Phi) is 4.41. The zero-order valence-electron chi connectivity index (χ0n) is 10.00. The van der Waals surface area contributed by atoms with Crippen LogP contribution in [-0.2, 0) is 4.79 Å². The third-order valence-electron chi connectivity index (χ3n) is 3.08. The first-order valence-electron chi connectivity index (χ1n) is 5.72. The SMILES string of the molecule is CC1CC(C)CN(CC(C(=O)O)C(F)(F)F)C1. The van der Waals surface area contributed by atoms with Gasteiger partial charge in [-0.1, -0.05) is 13.8 Å². The average Bonchev–Trinajstić information content (AvgIpc) is 2.10. The van der Waals surface area contributed by atoms with Gasteiger partial charge in [0.05, 0.1) is 0 Å². The Balaban J connectivity index is 2.64. The first-order valence-corrected chi connectivity index (χ1v) is 5.72. The van der Waals surface area contributed by atoms with E-state index in [2.05, 4.69) is 0 Å². The number of likely N-dealkylation sites (tertiary alicyclic amines) is 1. The van der Waals surface area contributed by atoms with Gasteiger partial charge < -0.3 is 10.0 Å². The summed E-state index contributed by atoms with van der Waals surface area (Å²) >= 11 is 0. The molecule has 1 N–H and O–H groups in total. The van der Waals surface area contributed by atoms with Crippen LogP contribution < -0.4 is 0 Å². The van der Waals surface area contributed by atoms with Crippen molar-refractivity contribution in [3.05, 3.63) is 0 Å². The number of halogens is 3. The Morgan fingerprint density at radius 3 is 2.18 bits per heavy atom. The number of nitrogens with zero attached hydrogens (tertiary/aromatic N) is 1. The van der Waals surface area contributed by atoms with Gasteiger partial charge in [0.25, 0.3) is 0 Å². The number of piperidine rings is 1. The van der Waals surface area contributed by atoms with Crippen molar-refractivity contribution in [1.29, 1.82) is 0 Å². The van der Waals surface area contributed by atoms with E-state index in [-0.39, 0.29) is 0 Å². The first kappa shape index (κ1) is 14.3. The minimum Gasteiger partial charge on any atom is -0.481 e. The first-order chi connectivity index (χ1) is 7.70. The molecule has 0 aromatic heterocycles. The predicted octanol–water partition coefficient (Wildman–Crippen LogP) is 2.23. The molecule has 0 saturated carbocycles. The third-order valence-corrected chi connectivity index (χ3v) is 3.08. The minimum absolute atomic E-state index is 0.321. The van der Waals surface area contributed by atoms with E-state index in [1.165, 1.54) is 0 Å². The molecule has 1 saturated heterocycles. The maximum Gasteiger partial charge on any atom is 0.403 e. The lowest BCUT2D eigenvalue weighted by Gasteiger charge is -2.36. The van der Waals surface area contributed by atoms with Gasteiger partial charge in [-0.15, -0.1) is 0 Å². The molecule has 1 aliphatic rings. The number of hydrogen-bond acceptors (Lipinski definition) is 2. The molecule has 1 heterocycles. The van der Waals surface area contributed by atoms with Gasteiger partial charge in [0.2, 0.25) is 0 Å². The van der Waals surface area contributed by atoms with E-state index in [1.54, 1.807) is 4.90 Å². The molecule has 0 spiro atoms. The van der Waals surface area contributed by atoms with Gasteiger partial charge in [-0.05, 0) is 18.3 Å². The van der Waals surface area contributed by atoms with Crippen molar-refractivity contribution in [3.63, 3.8) is 0 Å². The molecule has 3 unspecified atom stereocenters. The van der Waals surface area contributed by atoms with Crippen LogP contribution >= 0.6 is 0 Å². The number of alkyl halides is 3. The Hall–Kier alpha value is -0.780. The van der Waals surface area contributed by atoms with E-state index in [0.717, 1.165) is 6.42 Å². The Morgan fingerprint density at radius 2 is 1.82 bits per heavy atom. The second-order valence-electron chi connectivity index (χ2n) is 5.10. The van der Waals surface area contributed by atoms with E-state index in [4.69, 9.17) is 5.11 Å². The maximum atomic E-state index is 12.5. The standard InChI is InChI=1S/C11H18F3NO2/c1-7-3-8(2)5-15(4-7)6-9(10(16)17)11(12,13)14/h7-9H,3-6H2,1-2H3,(H,16,17). The van der Waals surface area contributed by atoms with Crippen molar-refractivity contribution in [2.75, 3.05) is 19.6 Å². The summed E-state index contributed by atoms with van der Waals surface area (Å²) in [6.07, 6.45) is -3.68. The van der Waals surface area contributed by atoms with Gasteiger partial charge in [0.15, 0.2) is 5.92 Å². The number of aliphatic carboxylic acids is 1. The quantitative estimate of drug-likeness (QED) is 0.838. The van der Waals surface area contributed by atoms with Gasteiger partial charge in [0, 0.05) is 19.6 Å². The van der Waals surface area contributed by atoms with E-state index in [1.807, 2.05) is 13.8 Å². The maximum absolute atomic E-state index is 12.5. The molecule has 0 radical (unpaired) electrons. The number of carboxylic acid groups (broad SMARTS) is 1. The average molecular weight is 253 g/mol. The van der Waals surface area contributed by atoms with E-state index >= 15 is 0 Å². The predicted molar refractivity (Wildman–Crippen MR) is 56.6 cm³/mol. The molecular formula is C11H18F3NO2. The molecule has 0 aromatic rings. The highest BCUT2D eigenvalue weighted by Gasteiger charge is 2.46. The third kappa shape index (κ3) is 4.18. The summed E-state index contributed by atoms with van der Waals surface area (Å²) in [7, 11) is 0. The second-order valence-corrected chi connectivity index (χ2v) is 5.10. The minimum atomic E-state index is -4.67. The van der Waals surface area contributed by atoms with Crippen molar-refractivity contribution in [2.24, 2.45) is 17.8 Å². The number of hydrogen-bond donors (Lipinski definition) is 1.